The van der Waals surface area contributed by atoms with Crippen molar-refractivity contribution in [1.29, 1.82) is 0 Å². The molecular weight excluding hydrogens is 412 g/mol. The van der Waals surface area contributed by atoms with E-state index < -0.39 is 0 Å². The van der Waals surface area contributed by atoms with Gasteiger partial charge in [0, 0.05) is 17.1 Å². The summed E-state index contributed by atoms with van der Waals surface area (Å²) >= 11 is 6.07. The number of carbonyl (C=O) groups excluding carboxylic acids is 1. The molecule has 0 aliphatic carbocycles. The molecule has 0 fully saturated rings. The van der Waals surface area contributed by atoms with Crippen molar-refractivity contribution in [3.63, 3.8) is 0 Å². The Morgan fingerprint density at radius 3 is 2.71 bits per heavy atom. The molecule has 2 aromatic heterocycles. The molecule has 3 aromatic rings. The Balaban J connectivity index is 1.64. The van der Waals surface area contributed by atoms with Gasteiger partial charge >= 0.3 is 0 Å². The van der Waals surface area contributed by atoms with Crippen molar-refractivity contribution in [2.75, 3.05) is 5.32 Å². The number of rotatable bonds is 5. The molecule has 0 aliphatic heterocycles. The van der Waals surface area contributed by atoms with E-state index in [0.717, 1.165) is 15.0 Å². The summed E-state index contributed by atoms with van der Waals surface area (Å²) in [5.41, 5.74) is 0.956. The lowest BCUT2D eigenvalue weighted by molar-refractivity contribution is -0.115. The minimum Gasteiger partial charge on any atom is -0.312 e. The second-order valence-corrected chi connectivity index (χ2v) is 8.09. The maximum Gasteiger partial charge on any atom is 0.239 e. The SMILES string of the molecule is C[C@H](Sc1nncn1C)C(=O)Nc1nnc(-c2ccc(Br)cc2)s1. The monoisotopic (exact) mass is 424 g/mol. The first-order valence-corrected chi connectivity index (χ1v) is 9.43. The van der Waals surface area contributed by atoms with Gasteiger partial charge in [-0.3, -0.25) is 10.1 Å². The zero-order chi connectivity index (χ0) is 17.1. The van der Waals surface area contributed by atoms with E-state index in [1.807, 2.05) is 38.2 Å². The zero-order valence-corrected chi connectivity index (χ0v) is 16.0. The fraction of sp³-hybridized carbons (Fsp3) is 0.214. The molecule has 1 atom stereocenters. The largest absolute Gasteiger partial charge is 0.312 e. The fourth-order valence-corrected chi connectivity index (χ4v) is 3.59. The average molecular weight is 425 g/mol. The molecule has 0 saturated heterocycles. The summed E-state index contributed by atoms with van der Waals surface area (Å²) in [6, 6.07) is 7.77. The summed E-state index contributed by atoms with van der Waals surface area (Å²) in [5, 5.41) is 20.3. The maximum atomic E-state index is 12.3. The number of aryl methyl sites for hydroxylation is 1. The second-order valence-electron chi connectivity index (χ2n) is 4.89. The molecule has 7 nitrogen and oxygen atoms in total. The Morgan fingerprint density at radius 2 is 2.04 bits per heavy atom. The Hall–Kier alpha value is -1.78. The molecule has 0 radical (unpaired) electrons. The average Bonchev–Trinajstić information content (AvgIpc) is 3.18. The number of hydrogen-bond donors (Lipinski definition) is 1. The van der Waals surface area contributed by atoms with Gasteiger partial charge in [0.25, 0.3) is 0 Å². The summed E-state index contributed by atoms with van der Waals surface area (Å²) in [6.07, 6.45) is 1.60. The van der Waals surface area contributed by atoms with Crippen LogP contribution in [-0.4, -0.2) is 36.1 Å². The minimum atomic E-state index is -0.326. The number of hydrogen-bond acceptors (Lipinski definition) is 7. The van der Waals surface area contributed by atoms with Gasteiger partial charge in [-0.1, -0.05) is 51.2 Å². The van der Waals surface area contributed by atoms with Gasteiger partial charge in [-0.05, 0) is 19.1 Å². The van der Waals surface area contributed by atoms with E-state index in [0.29, 0.717) is 10.3 Å². The van der Waals surface area contributed by atoms with Crippen molar-refractivity contribution in [3.05, 3.63) is 35.1 Å². The predicted molar refractivity (Wildman–Crippen MR) is 98.0 cm³/mol. The van der Waals surface area contributed by atoms with Crippen LogP contribution in [0.4, 0.5) is 5.13 Å². The molecule has 1 amide bonds. The highest BCUT2D eigenvalue weighted by Gasteiger charge is 2.19. The molecule has 0 aliphatic rings. The summed E-state index contributed by atoms with van der Waals surface area (Å²) in [7, 11) is 1.84. The van der Waals surface area contributed by atoms with Crippen LogP contribution >= 0.6 is 39.0 Å². The van der Waals surface area contributed by atoms with Gasteiger partial charge in [0.1, 0.15) is 11.3 Å². The van der Waals surface area contributed by atoms with Crippen LogP contribution in [0, 0.1) is 0 Å². The van der Waals surface area contributed by atoms with Gasteiger partial charge in [0.2, 0.25) is 11.0 Å². The smallest absolute Gasteiger partial charge is 0.239 e. The Kier molecular flexibility index (Phi) is 5.27. The van der Waals surface area contributed by atoms with Crippen LogP contribution in [0.3, 0.4) is 0 Å². The molecule has 0 unspecified atom stereocenters. The van der Waals surface area contributed by atoms with E-state index in [1.54, 1.807) is 10.9 Å². The van der Waals surface area contributed by atoms with Crippen molar-refractivity contribution in [2.45, 2.75) is 17.3 Å². The molecule has 124 valence electrons. The number of halogens is 1. The molecule has 10 heteroatoms. The predicted octanol–water partition coefficient (Wildman–Crippen LogP) is 3.22. The van der Waals surface area contributed by atoms with E-state index in [2.05, 4.69) is 41.6 Å². The molecule has 24 heavy (non-hydrogen) atoms. The van der Waals surface area contributed by atoms with Crippen molar-refractivity contribution in [1.82, 2.24) is 25.0 Å². The van der Waals surface area contributed by atoms with Crippen molar-refractivity contribution >= 4 is 50.1 Å². The van der Waals surface area contributed by atoms with E-state index >= 15 is 0 Å². The van der Waals surface area contributed by atoms with Gasteiger partial charge < -0.3 is 4.57 Å². The van der Waals surface area contributed by atoms with Gasteiger partial charge in [-0.15, -0.1) is 20.4 Å². The van der Waals surface area contributed by atoms with Gasteiger partial charge in [-0.2, -0.15) is 0 Å². The summed E-state index contributed by atoms with van der Waals surface area (Å²) in [5.74, 6) is -0.151. The maximum absolute atomic E-state index is 12.3. The van der Waals surface area contributed by atoms with Crippen LogP contribution in [0.25, 0.3) is 10.6 Å². The molecule has 1 N–H and O–H groups in total. The Morgan fingerprint density at radius 1 is 1.29 bits per heavy atom. The number of anilines is 1. The third-order valence-electron chi connectivity index (χ3n) is 3.07. The topological polar surface area (TPSA) is 85.6 Å². The molecule has 0 saturated carbocycles. The van der Waals surface area contributed by atoms with E-state index in [4.69, 9.17) is 0 Å². The molecular formula is C14H13BrN6OS2. The number of amides is 1. The molecule has 0 spiro atoms. The normalized spacial score (nSPS) is 12.1. The Labute approximate surface area is 155 Å². The second kappa shape index (κ2) is 7.41. The first-order valence-electron chi connectivity index (χ1n) is 6.94. The summed E-state index contributed by atoms with van der Waals surface area (Å²) in [6.45, 7) is 1.81. The lowest BCUT2D eigenvalue weighted by Gasteiger charge is -2.08. The number of nitrogens with one attached hydrogen (secondary N) is 1. The zero-order valence-electron chi connectivity index (χ0n) is 12.8. The standard InChI is InChI=1S/C14H13BrN6OS2/c1-8(23-14-20-16-7-21(14)2)11(22)17-13-19-18-12(24-13)9-3-5-10(15)6-4-9/h3-8H,1-2H3,(H,17,19,22)/t8-/m0/s1. The molecule has 2 heterocycles. The number of thioether (sulfide) groups is 1. The quantitative estimate of drug-likeness (QED) is 0.632. The van der Waals surface area contributed by atoms with Gasteiger partial charge in [-0.25, -0.2) is 0 Å². The Bertz CT molecular complexity index is 847. The molecule has 1 aromatic carbocycles. The first-order chi connectivity index (χ1) is 11.5. The third-order valence-corrected chi connectivity index (χ3v) is 5.63. The molecule has 0 bridgehead atoms. The number of aromatic nitrogens is 5. The molecule has 3 rings (SSSR count). The first kappa shape index (κ1) is 17.1. The summed E-state index contributed by atoms with van der Waals surface area (Å²) < 4.78 is 2.77. The van der Waals surface area contributed by atoms with Crippen LogP contribution in [0.5, 0.6) is 0 Å². The van der Waals surface area contributed by atoms with Crippen LogP contribution in [0.1, 0.15) is 6.92 Å². The number of carbonyl (C=O) groups is 1. The summed E-state index contributed by atoms with van der Waals surface area (Å²) in [4.78, 5) is 12.3. The van der Waals surface area contributed by atoms with Crippen molar-refractivity contribution in [2.24, 2.45) is 7.05 Å². The third kappa shape index (κ3) is 4.00. The van der Waals surface area contributed by atoms with Gasteiger partial charge in [0.05, 0.1) is 5.25 Å². The van der Waals surface area contributed by atoms with Gasteiger partial charge in [0.15, 0.2) is 5.16 Å². The minimum absolute atomic E-state index is 0.151. The van der Waals surface area contributed by atoms with Crippen LogP contribution in [0.2, 0.25) is 0 Å². The van der Waals surface area contributed by atoms with Crippen molar-refractivity contribution < 1.29 is 4.79 Å². The fourth-order valence-electron chi connectivity index (χ4n) is 1.78. The van der Waals surface area contributed by atoms with E-state index in [1.165, 1.54) is 23.1 Å². The van der Waals surface area contributed by atoms with Crippen LogP contribution < -0.4 is 5.32 Å². The van der Waals surface area contributed by atoms with Crippen LogP contribution in [0.15, 0.2) is 40.2 Å². The van der Waals surface area contributed by atoms with E-state index in [-0.39, 0.29) is 11.2 Å². The van der Waals surface area contributed by atoms with Crippen LogP contribution in [-0.2, 0) is 11.8 Å². The number of benzene rings is 1. The highest BCUT2D eigenvalue weighted by atomic mass is 79.9. The highest BCUT2D eigenvalue weighted by molar-refractivity contribution is 9.10. The van der Waals surface area contributed by atoms with E-state index in [9.17, 15) is 4.79 Å². The highest BCUT2D eigenvalue weighted by Crippen LogP contribution is 2.28. The lowest BCUT2D eigenvalue weighted by Crippen LogP contribution is -2.22. The lowest BCUT2D eigenvalue weighted by atomic mass is 10.2. The number of nitrogens with zero attached hydrogens (tertiary/aromatic N) is 5. The van der Waals surface area contributed by atoms with Crippen molar-refractivity contribution in [3.8, 4) is 10.6 Å².